The van der Waals surface area contributed by atoms with Gasteiger partial charge in [-0.05, 0) is 25.0 Å². The van der Waals surface area contributed by atoms with Crippen molar-refractivity contribution in [3.8, 4) is 0 Å². The molecule has 1 atom stereocenters. The summed E-state index contributed by atoms with van der Waals surface area (Å²) in [6.07, 6.45) is -0.336. The summed E-state index contributed by atoms with van der Waals surface area (Å²) >= 11 is 1.66. The number of hydrogen-bond donors (Lipinski definition) is 0. The normalized spacial score (nSPS) is 19.3. The standard InChI is InChI=1S/C18H18O2S/c1-18(2)16(21-18)17(19)20-15(13-9-5-3-6-10-13)14-11-7-4-8-12-14/h3-12,15-16H,1-2H3. The van der Waals surface area contributed by atoms with Crippen LogP contribution in [0, 0.1) is 0 Å². The number of ether oxygens (including phenoxy) is 1. The summed E-state index contributed by atoms with van der Waals surface area (Å²) in [4.78, 5) is 12.3. The SMILES string of the molecule is CC1(C)SC1C(=O)OC(c1ccccc1)c1ccccc1. The van der Waals surface area contributed by atoms with Crippen molar-refractivity contribution in [3.63, 3.8) is 0 Å². The molecule has 0 aromatic heterocycles. The molecule has 0 spiro atoms. The zero-order valence-corrected chi connectivity index (χ0v) is 13.0. The number of rotatable bonds is 4. The fraction of sp³-hybridized carbons (Fsp3) is 0.278. The fourth-order valence-corrected chi connectivity index (χ4v) is 3.15. The van der Waals surface area contributed by atoms with Crippen molar-refractivity contribution in [2.24, 2.45) is 0 Å². The zero-order valence-electron chi connectivity index (χ0n) is 12.2. The van der Waals surface area contributed by atoms with Crippen LogP contribution in [0.2, 0.25) is 0 Å². The molecule has 1 aliphatic rings. The third-order valence-corrected chi connectivity index (χ3v) is 5.26. The fourth-order valence-electron chi connectivity index (χ4n) is 2.36. The number of carbonyl (C=O) groups excluding carboxylic acids is 1. The second-order valence-corrected chi connectivity index (χ2v) is 7.50. The van der Waals surface area contributed by atoms with Gasteiger partial charge in [0.15, 0.2) is 6.10 Å². The lowest BCUT2D eigenvalue weighted by Gasteiger charge is -2.19. The van der Waals surface area contributed by atoms with E-state index in [9.17, 15) is 4.79 Å². The Labute approximate surface area is 129 Å². The minimum atomic E-state index is -0.336. The van der Waals surface area contributed by atoms with Gasteiger partial charge in [-0.2, -0.15) is 0 Å². The van der Waals surface area contributed by atoms with Gasteiger partial charge in [0.2, 0.25) is 0 Å². The number of benzene rings is 2. The molecule has 2 aromatic rings. The highest BCUT2D eigenvalue weighted by Crippen LogP contribution is 2.53. The van der Waals surface area contributed by atoms with Gasteiger partial charge < -0.3 is 4.74 Å². The molecule has 2 nitrogen and oxygen atoms in total. The van der Waals surface area contributed by atoms with E-state index in [2.05, 4.69) is 13.8 Å². The van der Waals surface area contributed by atoms with E-state index in [0.717, 1.165) is 11.1 Å². The summed E-state index contributed by atoms with van der Waals surface area (Å²) in [5.41, 5.74) is 2.00. The highest BCUT2D eigenvalue weighted by Gasteiger charge is 2.53. The molecule has 0 amide bonds. The number of hydrogen-bond acceptors (Lipinski definition) is 3. The van der Waals surface area contributed by atoms with Crippen molar-refractivity contribution in [2.75, 3.05) is 0 Å². The molecule has 0 radical (unpaired) electrons. The predicted octanol–water partition coefficient (Wildman–Crippen LogP) is 4.21. The largest absolute Gasteiger partial charge is 0.452 e. The lowest BCUT2D eigenvalue weighted by Crippen LogP contribution is -2.21. The quantitative estimate of drug-likeness (QED) is 0.624. The summed E-state index contributed by atoms with van der Waals surface area (Å²) in [5, 5.41) is -0.0487. The van der Waals surface area contributed by atoms with Crippen molar-refractivity contribution < 1.29 is 9.53 Å². The van der Waals surface area contributed by atoms with Gasteiger partial charge in [-0.1, -0.05) is 60.7 Å². The minimum absolute atomic E-state index is 0.00894. The topological polar surface area (TPSA) is 26.3 Å². The third kappa shape index (κ3) is 3.13. The highest BCUT2D eigenvalue weighted by molar-refractivity contribution is 8.09. The van der Waals surface area contributed by atoms with Crippen LogP contribution in [0.4, 0.5) is 0 Å². The maximum absolute atomic E-state index is 12.3. The van der Waals surface area contributed by atoms with Gasteiger partial charge in [-0.15, -0.1) is 11.8 Å². The van der Waals surface area contributed by atoms with E-state index in [4.69, 9.17) is 4.74 Å². The zero-order chi connectivity index (χ0) is 14.9. The molecule has 1 fully saturated rings. The Hall–Kier alpha value is -1.74. The molecule has 1 unspecified atom stereocenters. The Bertz CT molecular complexity index is 583. The Morgan fingerprint density at radius 2 is 1.43 bits per heavy atom. The smallest absolute Gasteiger partial charge is 0.321 e. The molecule has 21 heavy (non-hydrogen) atoms. The first-order valence-electron chi connectivity index (χ1n) is 7.06. The second kappa shape index (κ2) is 5.57. The van der Waals surface area contributed by atoms with Crippen LogP contribution in [0.1, 0.15) is 31.1 Å². The van der Waals surface area contributed by atoms with E-state index >= 15 is 0 Å². The minimum Gasteiger partial charge on any atom is -0.452 e. The Morgan fingerprint density at radius 1 is 1.00 bits per heavy atom. The summed E-state index contributed by atoms with van der Waals surface area (Å²) in [7, 11) is 0. The molecule has 0 bridgehead atoms. The van der Waals surface area contributed by atoms with Crippen molar-refractivity contribution in [1.29, 1.82) is 0 Å². The average molecular weight is 298 g/mol. The molecule has 3 heteroatoms. The van der Waals surface area contributed by atoms with Gasteiger partial charge in [0, 0.05) is 4.75 Å². The molecule has 0 aliphatic carbocycles. The molecule has 3 rings (SSSR count). The Balaban J connectivity index is 1.85. The van der Waals surface area contributed by atoms with Gasteiger partial charge in [-0.25, -0.2) is 0 Å². The molecule has 0 N–H and O–H groups in total. The van der Waals surface area contributed by atoms with E-state index in [1.165, 1.54) is 0 Å². The predicted molar refractivity (Wildman–Crippen MR) is 86.3 cm³/mol. The van der Waals surface area contributed by atoms with Gasteiger partial charge >= 0.3 is 5.97 Å². The van der Waals surface area contributed by atoms with Crippen LogP contribution in [-0.2, 0) is 9.53 Å². The van der Waals surface area contributed by atoms with Crippen LogP contribution >= 0.6 is 11.8 Å². The highest BCUT2D eigenvalue weighted by atomic mass is 32.2. The van der Waals surface area contributed by atoms with Crippen molar-refractivity contribution >= 4 is 17.7 Å². The summed E-state index contributed by atoms with van der Waals surface area (Å²) < 4.78 is 5.83. The van der Waals surface area contributed by atoms with Crippen LogP contribution in [0.5, 0.6) is 0 Å². The first-order valence-corrected chi connectivity index (χ1v) is 7.94. The number of carbonyl (C=O) groups is 1. The van der Waals surface area contributed by atoms with Gasteiger partial charge in [0.25, 0.3) is 0 Å². The van der Waals surface area contributed by atoms with Gasteiger partial charge in [0.05, 0.1) is 0 Å². The van der Waals surface area contributed by atoms with E-state index in [1.54, 1.807) is 11.8 Å². The van der Waals surface area contributed by atoms with Crippen LogP contribution in [0.25, 0.3) is 0 Å². The molecule has 1 saturated heterocycles. The van der Waals surface area contributed by atoms with Crippen molar-refractivity contribution in [1.82, 2.24) is 0 Å². The van der Waals surface area contributed by atoms with Crippen LogP contribution < -0.4 is 0 Å². The first kappa shape index (κ1) is 14.2. The van der Waals surface area contributed by atoms with E-state index in [0.29, 0.717) is 0 Å². The maximum Gasteiger partial charge on any atom is 0.321 e. The third-order valence-electron chi connectivity index (χ3n) is 3.65. The number of thioether (sulfide) groups is 1. The van der Waals surface area contributed by atoms with E-state index in [1.807, 2.05) is 60.7 Å². The summed E-state index contributed by atoms with van der Waals surface area (Å²) in [6, 6.07) is 19.8. The van der Waals surface area contributed by atoms with Crippen LogP contribution in [0.3, 0.4) is 0 Å². The molecule has 1 heterocycles. The molecular formula is C18H18O2S. The molecule has 1 aliphatic heterocycles. The molecule has 0 saturated carbocycles. The molecular weight excluding hydrogens is 280 g/mol. The van der Waals surface area contributed by atoms with Crippen molar-refractivity contribution in [3.05, 3.63) is 71.8 Å². The lowest BCUT2D eigenvalue weighted by molar-refractivity contribution is -0.146. The average Bonchev–Trinajstić information content (AvgIpc) is 3.15. The van der Waals surface area contributed by atoms with E-state index in [-0.39, 0.29) is 22.1 Å². The second-order valence-electron chi connectivity index (χ2n) is 5.74. The lowest BCUT2D eigenvalue weighted by atomic mass is 10.0. The Morgan fingerprint density at radius 3 is 1.81 bits per heavy atom. The van der Waals surface area contributed by atoms with Crippen LogP contribution in [-0.4, -0.2) is 16.0 Å². The first-order chi connectivity index (χ1) is 10.1. The molecule has 2 aromatic carbocycles. The summed E-state index contributed by atoms with van der Waals surface area (Å²) in [5.74, 6) is -0.122. The Kier molecular flexibility index (Phi) is 3.77. The van der Waals surface area contributed by atoms with Crippen molar-refractivity contribution in [2.45, 2.75) is 29.9 Å². The molecule has 108 valence electrons. The number of esters is 1. The monoisotopic (exact) mass is 298 g/mol. The van der Waals surface area contributed by atoms with Gasteiger partial charge in [-0.3, -0.25) is 4.79 Å². The maximum atomic E-state index is 12.3. The summed E-state index contributed by atoms with van der Waals surface area (Å²) in [6.45, 7) is 4.15. The van der Waals surface area contributed by atoms with Gasteiger partial charge in [0.1, 0.15) is 5.25 Å². The van der Waals surface area contributed by atoms with Crippen LogP contribution in [0.15, 0.2) is 60.7 Å². The van der Waals surface area contributed by atoms with E-state index < -0.39 is 0 Å².